The van der Waals surface area contributed by atoms with Crippen molar-refractivity contribution in [3.63, 3.8) is 0 Å². The van der Waals surface area contributed by atoms with Crippen LogP contribution in [0.1, 0.15) is 80.1 Å². The second kappa shape index (κ2) is 11.4. The molecule has 26 heavy (non-hydrogen) atoms. The van der Waals surface area contributed by atoms with E-state index in [-0.39, 0.29) is 11.3 Å². The molecular formula is C23H41NOSn. The Morgan fingerprint density at radius 2 is 1.42 bits per heavy atom. The van der Waals surface area contributed by atoms with Crippen molar-refractivity contribution in [3.05, 3.63) is 24.3 Å². The van der Waals surface area contributed by atoms with E-state index in [1.807, 2.05) is 20.8 Å². The number of rotatable bonds is 11. The Morgan fingerprint density at radius 1 is 0.923 bits per heavy atom. The number of hydrogen-bond donors (Lipinski definition) is 1. The summed E-state index contributed by atoms with van der Waals surface area (Å²) >= 11 is -2.42. The summed E-state index contributed by atoms with van der Waals surface area (Å²) in [4.78, 5) is 12.4. The van der Waals surface area contributed by atoms with Crippen molar-refractivity contribution in [2.45, 2.75) is 93.4 Å². The molecule has 0 bridgehead atoms. The predicted octanol–water partition coefficient (Wildman–Crippen LogP) is 6.73. The fourth-order valence-corrected chi connectivity index (χ4v) is 19.6. The number of unbranched alkanes of at least 4 members (excludes halogenated alkanes) is 3. The molecule has 1 rings (SSSR count). The number of amides is 1. The van der Waals surface area contributed by atoms with Crippen LogP contribution < -0.4 is 8.90 Å². The third kappa shape index (κ3) is 7.25. The topological polar surface area (TPSA) is 29.1 Å². The van der Waals surface area contributed by atoms with Crippen LogP contribution in [0.25, 0.3) is 0 Å². The molecule has 0 radical (unpaired) electrons. The molecule has 0 spiro atoms. The standard InChI is InChI=1S/C11H14NO.3C4H9.Sn/c1-11(2,3)10(13)12-9-7-5-4-6-8-9;3*1-3-4-2;/h4-5,7-8H,1-3H3,(H,12,13);3*1,3-4H2,2H3;. The zero-order chi connectivity index (χ0) is 19.6. The van der Waals surface area contributed by atoms with Crippen molar-refractivity contribution in [3.8, 4) is 0 Å². The summed E-state index contributed by atoms with van der Waals surface area (Å²) in [6, 6.07) is 8.94. The molecule has 1 aromatic rings. The number of carbonyl (C=O) groups is 1. The monoisotopic (exact) mass is 467 g/mol. The first-order chi connectivity index (χ1) is 12.3. The van der Waals surface area contributed by atoms with E-state index in [2.05, 4.69) is 50.4 Å². The van der Waals surface area contributed by atoms with Crippen molar-refractivity contribution in [1.82, 2.24) is 0 Å². The molecule has 0 fully saturated rings. The van der Waals surface area contributed by atoms with Crippen LogP contribution in [0.2, 0.25) is 13.3 Å². The summed E-state index contributed by atoms with van der Waals surface area (Å²) in [6.07, 6.45) is 7.96. The van der Waals surface area contributed by atoms with Crippen LogP contribution in [-0.2, 0) is 4.79 Å². The number of carbonyl (C=O) groups excluding carboxylic acids is 1. The molecule has 0 saturated heterocycles. The van der Waals surface area contributed by atoms with Crippen molar-refractivity contribution >= 4 is 33.6 Å². The molecule has 0 aromatic heterocycles. The summed E-state index contributed by atoms with van der Waals surface area (Å²) < 4.78 is 6.01. The maximum atomic E-state index is 12.4. The summed E-state index contributed by atoms with van der Waals surface area (Å²) in [5.41, 5.74) is 0.635. The van der Waals surface area contributed by atoms with Gasteiger partial charge in [-0.15, -0.1) is 0 Å². The first kappa shape index (κ1) is 23.5. The molecule has 1 N–H and O–H groups in total. The molecule has 1 aromatic carbocycles. The minimum absolute atomic E-state index is 0.103. The van der Waals surface area contributed by atoms with Crippen LogP contribution >= 0.6 is 0 Å². The molecule has 3 heteroatoms. The number of hydrogen-bond acceptors (Lipinski definition) is 1. The normalized spacial score (nSPS) is 12.2. The SMILES string of the molecule is CCC[CH2][Sn]([CH2]CCC)([CH2]CCC)[c]1cccc(NC(=O)C(C)(C)C)c1. The third-order valence-electron chi connectivity index (χ3n) is 5.44. The van der Waals surface area contributed by atoms with Crippen LogP contribution in [0.3, 0.4) is 0 Å². The third-order valence-corrected chi connectivity index (χ3v) is 21.0. The van der Waals surface area contributed by atoms with Gasteiger partial charge in [0, 0.05) is 0 Å². The number of anilines is 1. The van der Waals surface area contributed by atoms with E-state index in [9.17, 15) is 4.79 Å². The molecule has 2 nitrogen and oxygen atoms in total. The summed E-state index contributed by atoms with van der Waals surface area (Å²) in [7, 11) is 0. The average molecular weight is 466 g/mol. The van der Waals surface area contributed by atoms with Crippen molar-refractivity contribution < 1.29 is 4.79 Å². The van der Waals surface area contributed by atoms with Crippen molar-refractivity contribution in [2.24, 2.45) is 5.41 Å². The van der Waals surface area contributed by atoms with Gasteiger partial charge in [0.25, 0.3) is 0 Å². The predicted molar refractivity (Wildman–Crippen MR) is 119 cm³/mol. The Balaban J connectivity index is 3.17. The van der Waals surface area contributed by atoms with E-state index in [4.69, 9.17) is 0 Å². The van der Waals surface area contributed by atoms with Gasteiger partial charge in [-0.1, -0.05) is 0 Å². The van der Waals surface area contributed by atoms with Gasteiger partial charge in [-0.25, -0.2) is 0 Å². The van der Waals surface area contributed by atoms with Gasteiger partial charge in [0.15, 0.2) is 0 Å². The van der Waals surface area contributed by atoms with E-state index in [0.29, 0.717) is 0 Å². The van der Waals surface area contributed by atoms with Crippen molar-refractivity contribution in [2.75, 3.05) is 5.32 Å². The van der Waals surface area contributed by atoms with Crippen LogP contribution in [-0.4, -0.2) is 24.3 Å². The quantitative estimate of drug-likeness (QED) is 0.360. The maximum absolute atomic E-state index is 12.4. The zero-order valence-corrected chi connectivity index (χ0v) is 20.9. The molecule has 0 heterocycles. The van der Waals surface area contributed by atoms with Crippen molar-refractivity contribution in [1.29, 1.82) is 0 Å². The molecule has 0 aliphatic heterocycles. The summed E-state index contributed by atoms with van der Waals surface area (Å²) in [5, 5.41) is 3.16. The Labute approximate surface area is 166 Å². The Kier molecular flexibility index (Phi) is 10.3. The Morgan fingerprint density at radius 3 is 1.85 bits per heavy atom. The molecule has 0 saturated carbocycles. The Hall–Kier alpha value is -0.511. The second-order valence-electron chi connectivity index (χ2n) is 8.88. The first-order valence-electron chi connectivity index (χ1n) is 10.7. The van der Waals surface area contributed by atoms with E-state index < -0.39 is 18.4 Å². The molecule has 0 atom stereocenters. The minimum atomic E-state index is -2.42. The van der Waals surface area contributed by atoms with Gasteiger partial charge in [0.05, 0.1) is 0 Å². The van der Waals surface area contributed by atoms with Crippen LogP contribution in [0, 0.1) is 5.41 Å². The van der Waals surface area contributed by atoms with Gasteiger partial charge in [-0.05, 0) is 0 Å². The van der Waals surface area contributed by atoms with Gasteiger partial charge in [0.1, 0.15) is 0 Å². The zero-order valence-electron chi connectivity index (χ0n) is 18.1. The molecule has 0 aliphatic carbocycles. The Bertz CT molecular complexity index is 526. The molecule has 0 unspecified atom stereocenters. The summed E-state index contributed by atoms with van der Waals surface area (Å²) in [5.74, 6) is 0.103. The van der Waals surface area contributed by atoms with E-state index >= 15 is 0 Å². The van der Waals surface area contributed by atoms with Gasteiger partial charge in [-0.3, -0.25) is 0 Å². The van der Waals surface area contributed by atoms with E-state index in [1.54, 1.807) is 3.58 Å². The number of benzene rings is 1. The first-order valence-corrected chi connectivity index (χ1v) is 18.2. The molecule has 0 aliphatic rings. The molecule has 1 amide bonds. The van der Waals surface area contributed by atoms with Crippen LogP contribution in [0.4, 0.5) is 5.69 Å². The van der Waals surface area contributed by atoms with E-state index in [1.165, 1.54) is 51.8 Å². The van der Waals surface area contributed by atoms with Crippen LogP contribution in [0.5, 0.6) is 0 Å². The second-order valence-corrected chi connectivity index (χ2v) is 22.1. The van der Waals surface area contributed by atoms with Gasteiger partial charge in [-0.2, -0.15) is 0 Å². The fraction of sp³-hybridized carbons (Fsp3) is 0.696. The van der Waals surface area contributed by atoms with Gasteiger partial charge < -0.3 is 0 Å². The fourth-order valence-electron chi connectivity index (χ4n) is 3.60. The van der Waals surface area contributed by atoms with Gasteiger partial charge in [0.2, 0.25) is 0 Å². The average Bonchev–Trinajstić information content (AvgIpc) is 2.61. The summed E-state index contributed by atoms with van der Waals surface area (Å²) in [6.45, 7) is 12.9. The van der Waals surface area contributed by atoms with E-state index in [0.717, 1.165) is 5.69 Å². The number of nitrogens with one attached hydrogen (secondary N) is 1. The van der Waals surface area contributed by atoms with Gasteiger partial charge >= 0.3 is 167 Å². The molecule has 148 valence electrons. The molecular weight excluding hydrogens is 425 g/mol. The van der Waals surface area contributed by atoms with Crippen LogP contribution in [0.15, 0.2) is 24.3 Å².